The monoisotopic (exact) mass is 254 g/mol. The van der Waals surface area contributed by atoms with Gasteiger partial charge in [-0.3, -0.25) is 4.79 Å². The molecule has 5 nitrogen and oxygen atoms in total. The van der Waals surface area contributed by atoms with Gasteiger partial charge in [0, 0.05) is 6.61 Å². The van der Waals surface area contributed by atoms with Gasteiger partial charge in [0.05, 0.1) is 5.92 Å². The van der Waals surface area contributed by atoms with Gasteiger partial charge in [-0.15, -0.1) is 0 Å². The number of hydrogen-bond donors (Lipinski definition) is 0. The second kappa shape index (κ2) is 6.09. The highest BCUT2D eigenvalue weighted by Gasteiger charge is 2.35. The van der Waals surface area contributed by atoms with Crippen molar-refractivity contribution in [3.63, 3.8) is 0 Å². The SMILES string of the molecule is CCOC(CC)(CC)c1noc(C(C)C(C)=O)n1. The summed E-state index contributed by atoms with van der Waals surface area (Å²) in [5.41, 5.74) is -0.507. The summed E-state index contributed by atoms with van der Waals surface area (Å²) in [6.07, 6.45) is 1.54. The summed E-state index contributed by atoms with van der Waals surface area (Å²) in [6.45, 7) is 9.88. The summed E-state index contributed by atoms with van der Waals surface area (Å²) in [5, 5.41) is 3.99. The highest BCUT2D eigenvalue weighted by Crippen LogP contribution is 2.31. The fourth-order valence-corrected chi connectivity index (χ4v) is 1.88. The smallest absolute Gasteiger partial charge is 0.237 e. The van der Waals surface area contributed by atoms with Crippen LogP contribution >= 0.6 is 0 Å². The zero-order valence-electron chi connectivity index (χ0n) is 11.8. The zero-order valence-corrected chi connectivity index (χ0v) is 11.8. The quantitative estimate of drug-likeness (QED) is 0.748. The predicted octanol–water partition coefficient (Wildman–Crippen LogP) is 2.81. The molecule has 1 heterocycles. The van der Waals surface area contributed by atoms with E-state index in [1.807, 2.05) is 20.8 Å². The van der Waals surface area contributed by atoms with Crippen LogP contribution in [0.3, 0.4) is 0 Å². The largest absolute Gasteiger partial charge is 0.367 e. The van der Waals surface area contributed by atoms with Crippen LogP contribution in [0.2, 0.25) is 0 Å². The number of carbonyl (C=O) groups is 1. The number of aromatic nitrogens is 2. The minimum atomic E-state index is -0.507. The lowest BCUT2D eigenvalue weighted by Gasteiger charge is -2.27. The Morgan fingerprint density at radius 2 is 2.00 bits per heavy atom. The summed E-state index contributed by atoms with van der Waals surface area (Å²) in [4.78, 5) is 15.6. The van der Waals surface area contributed by atoms with Crippen LogP contribution in [0.1, 0.15) is 65.1 Å². The number of carbonyl (C=O) groups excluding carboxylic acids is 1. The Kier molecular flexibility index (Phi) is 5.02. The van der Waals surface area contributed by atoms with Gasteiger partial charge in [-0.25, -0.2) is 0 Å². The fraction of sp³-hybridized carbons (Fsp3) is 0.769. The van der Waals surface area contributed by atoms with Crippen molar-refractivity contribution in [2.24, 2.45) is 0 Å². The summed E-state index contributed by atoms with van der Waals surface area (Å²) in [5.74, 6) is 0.556. The normalized spacial score (nSPS) is 13.6. The number of Topliss-reactive ketones (excluding diaryl/α,β-unsaturated/α-hetero) is 1. The first kappa shape index (κ1) is 14.8. The van der Waals surface area contributed by atoms with Crippen molar-refractivity contribution in [1.82, 2.24) is 10.1 Å². The number of rotatable bonds is 7. The van der Waals surface area contributed by atoms with E-state index in [-0.39, 0.29) is 11.7 Å². The lowest BCUT2D eigenvalue weighted by molar-refractivity contribution is -0.118. The Labute approximate surface area is 108 Å². The lowest BCUT2D eigenvalue weighted by atomic mass is 9.96. The maximum absolute atomic E-state index is 11.3. The van der Waals surface area contributed by atoms with E-state index in [1.54, 1.807) is 6.92 Å². The summed E-state index contributed by atoms with van der Waals surface area (Å²) in [7, 11) is 0. The minimum absolute atomic E-state index is 0.0141. The molecule has 1 unspecified atom stereocenters. The van der Waals surface area contributed by atoms with Gasteiger partial charge in [-0.1, -0.05) is 19.0 Å². The van der Waals surface area contributed by atoms with Gasteiger partial charge < -0.3 is 9.26 Å². The van der Waals surface area contributed by atoms with Crippen LogP contribution in [0.15, 0.2) is 4.52 Å². The van der Waals surface area contributed by atoms with E-state index < -0.39 is 5.60 Å². The third kappa shape index (κ3) is 2.77. The standard InChI is InChI=1S/C13H22N2O3/c1-6-13(7-2,17-8-3)12-14-11(18-15-12)9(4)10(5)16/h9H,6-8H2,1-5H3. The van der Waals surface area contributed by atoms with Crippen LogP contribution < -0.4 is 0 Å². The first-order valence-electron chi connectivity index (χ1n) is 6.49. The molecule has 0 aliphatic heterocycles. The zero-order chi connectivity index (χ0) is 13.8. The Bertz CT molecular complexity index is 397. The van der Waals surface area contributed by atoms with Crippen molar-refractivity contribution in [1.29, 1.82) is 0 Å². The van der Waals surface area contributed by atoms with Gasteiger partial charge in [0.15, 0.2) is 0 Å². The average Bonchev–Trinajstić information content (AvgIpc) is 2.85. The highest BCUT2D eigenvalue weighted by atomic mass is 16.5. The van der Waals surface area contributed by atoms with Crippen LogP contribution in [-0.4, -0.2) is 22.5 Å². The molecule has 1 aromatic rings. The molecule has 0 spiro atoms. The van der Waals surface area contributed by atoms with E-state index >= 15 is 0 Å². The molecule has 0 aliphatic carbocycles. The second-order valence-electron chi connectivity index (χ2n) is 4.42. The molecule has 1 aromatic heterocycles. The Morgan fingerprint density at radius 3 is 2.44 bits per heavy atom. The van der Waals surface area contributed by atoms with Crippen molar-refractivity contribution >= 4 is 5.78 Å². The van der Waals surface area contributed by atoms with Crippen molar-refractivity contribution < 1.29 is 14.1 Å². The van der Waals surface area contributed by atoms with Crippen LogP contribution in [0.5, 0.6) is 0 Å². The Morgan fingerprint density at radius 1 is 1.39 bits per heavy atom. The van der Waals surface area contributed by atoms with Gasteiger partial charge in [-0.05, 0) is 33.6 Å². The number of hydrogen-bond acceptors (Lipinski definition) is 5. The molecule has 102 valence electrons. The molecule has 0 bridgehead atoms. The summed E-state index contributed by atoms with van der Waals surface area (Å²) < 4.78 is 11.0. The predicted molar refractivity (Wildman–Crippen MR) is 67.3 cm³/mol. The lowest BCUT2D eigenvalue weighted by Crippen LogP contribution is -2.30. The molecule has 1 atom stereocenters. The van der Waals surface area contributed by atoms with E-state index in [1.165, 1.54) is 6.92 Å². The molecule has 5 heteroatoms. The third-order valence-corrected chi connectivity index (χ3v) is 3.39. The molecule has 0 fully saturated rings. The average molecular weight is 254 g/mol. The van der Waals surface area contributed by atoms with Crippen LogP contribution in [0, 0.1) is 0 Å². The molecule has 18 heavy (non-hydrogen) atoms. The molecular weight excluding hydrogens is 232 g/mol. The van der Waals surface area contributed by atoms with Crippen LogP contribution in [-0.2, 0) is 15.1 Å². The summed E-state index contributed by atoms with van der Waals surface area (Å²) >= 11 is 0. The molecule has 0 saturated heterocycles. The number of ether oxygens (including phenoxy) is 1. The Hall–Kier alpha value is -1.23. The molecule has 1 rings (SSSR count). The van der Waals surface area contributed by atoms with E-state index in [0.717, 1.165) is 12.8 Å². The minimum Gasteiger partial charge on any atom is -0.367 e. The molecular formula is C13H22N2O3. The Balaban J connectivity index is 3.05. The highest BCUT2D eigenvalue weighted by molar-refractivity contribution is 5.81. The first-order valence-corrected chi connectivity index (χ1v) is 6.49. The van der Waals surface area contributed by atoms with Crippen LogP contribution in [0.25, 0.3) is 0 Å². The van der Waals surface area contributed by atoms with Crippen LogP contribution in [0.4, 0.5) is 0 Å². The van der Waals surface area contributed by atoms with E-state index in [4.69, 9.17) is 9.26 Å². The number of nitrogens with zero attached hydrogens (tertiary/aromatic N) is 2. The van der Waals surface area contributed by atoms with E-state index in [2.05, 4.69) is 10.1 Å². The van der Waals surface area contributed by atoms with Gasteiger partial charge in [-0.2, -0.15) is 4.98 Å². The molecule has 0 saturated carbocycles. The van der Waals surface area contributed by atoms with Gasteiger partial charge in [0.25, 0.3) is 0 Å². The van der Waals surface area contributed by atoms with Crippen molar-refractivity contribution in [3.8, 4) is 0 Å². The van der Waals surface area contributed by atoms with Crippen molar-refractivity contribution in [2.75, 3.05) is 6.61 Å². The van der Waals surface area contributed by atoms with Gasteiger partial charge in [0.1, 0.15) is 11.4 Å². The number of ketones is 1. The topological polar surface area (TPSA) is 65.2 Å². The maximum Gasteiger partial charge on any atom is 0.237 e. The molecule has 0 amide bonds. The second-order valence-corrected chi connectivity index (χ2v) is 4.42. The maximum atomic E-state index is 11.3. The van der Waals surface area contributed by atoms with Gasteiger partial charge >= 0.3 is 0 Å². The first-order chi connectivity index (χ1) is 8.50. The molecule has 0 N–H and O–H groups in total. The third-order valence-electron chi connectivity index (χ3n) is 3.39. The molecule has 0 aliphatic rings. The van der Waals surface area contributed by atoms with Gasteiger partial charge in [0.2, 0.25) is 11.7 Å². The molecule has 0 aromatic carbocycles. The van der Waals surface area contributed by atoms with E-state index in [0.29, 0.717) is 18.3 Å². The summed E-state index contributed by atoms with van der Waals surface area (Å²) in [6, 6.07) is 0. The van der Waals surface area contributed by atoms with Crippen molar-refractivity contribution in [2.45, 2.75) is 59.0 Å². The van der Waals surface area contributed by atoms with Crippen molar-refractivity contribution in [3.05, 3.63) is 11.7 Å². The molecule has 0 radical (unpaired) electrons. The van der Waals surface area contributed by atoms with E-state index in [9.17, 15) is 4.79 Å². The fourth-order valence-electron chi connectivity index (χ4n) is 1.88.